The molecule has 5 nitrogen and oxygen atoms in total. The molecule has 1 aromatic heterocycles. The second-order valence-electron chi connectivity index (χ2n) is 5.35. The molecule has 1 N–H and O–H groups in total. The highest BCUT2D eigenvalue weighted by molar-refractivity contribution is 5.63. The van der Waals surface area contributed by atoms with E-state index >= 15 is 0 Å². The molecule has 0 amide bonds. The van der Waals surface area contributed by atoms with Crippen LogP contribution in [0.4, 0.5) is 8.78 Å². The lowest BCUT2D eigenvalue weighted by Crippen LogP contribution is -2.06. The van der Waals surface area contributed by atoms with Gasteiger partial charge in [0.1, 0.15) is 0 Å². The first kappa shape index (κ1) is 15.6. The van der Waals surface area contributed by atoms with Gasteiger partial charge < -0.3 is 14.6 Å². The topological polar surface area (TPSA) is 64.5 Å². The van der Waals surface area contributed by atoms with Crippen molar-refractivity contribution in [2.45, 2.75) is 26.1 Å². The van der Waals surface area contributed by atoms with Crippen LogP contribution in [0.3, 0.4) is 0 Å². The summed E-state index contributed by atoms with van der Waals surface area (Å²) in [4.78, 5) is 8.25. The highest BCUT2D eigenvalue weighted by Crippen LogP contribution is 2.36. The Balaban J connectivity index is 1.88. The molecule has 0 saturated heterocycles. The Kier molecular flexibility index (Phi) is 4.66. The van der Waals surface area contributed by atoms with Crippen molar-refractivity contribution in [3.63, 3.8) is 0 Å². The third kappa shape index (κ3) is 4.13. The molecule has 23 heavy (non-hydrogen) atoms. The van der Waals surface area contributed by atoms with Crippen molar-refractivity contribution in [2.75, 3.05) is 6.61 Å². The molecular weight excluding hydrogens is 306 g/mol. The number of aliphatic hydroxyl groups is 1. The molecule has 1 aliphatic rings. The Hall–Kier alpha value is -2.28. The quantitative estimate of drug-likeness (QED) is 0.849. The lowest BCUT2D eigenvalue weighted by atomic mass is 10.1. The first-order valence-electron chi connectivity index (χ1n) is 7.29. The monoisotopic (exact) mass is 322 g/mol. The highest BCUT2D eigenvalue weighted by Gasteiger charge is 2.23. The van der Waals surface area contributed by atoms with Gasteiger partial charge in [-0.05, 0) is 37.0 Å². The number of aromatic nitrogens is 2. The molecule has 0 bridgehead atoms. The van der Waals surface area contributed by atoms with Gasteiger partial charge in [-0.3, -0.25) is 4.98 Å². The minimum Gasteiger partial charge on any atom is -0.489 e. The Morgan fingerprint density at radius 1 is 1.22 bits per heavy atom. The van der Waals surface area contributed by atoms with Crippen molar-refractivity contribution in [1.82, 2.24) is 9.97 Å². The van der Waals surface area contributed by atoms with Gasteiger partial charge in [-0.25, -0.2) is 4.98 Å². The molecule has 122 valence electrons. The molecule has 0 radical (unpaired) electrons. The van der Waals surface area contributed by atoms with Gasteiger partial charge in [-0.1, -0.05) is 0 Å². The van der Waals surface area contributed by atoms with Crippen LogP contribution in [0.1, 0.15) is 18.5 Å². The van der Waals surface area contributed by atoms with Crippen LogP contribution >= 0.6 is 0 Å². The van der Waals surface area contributed by atoms with Gasteiger partial charge in [0.15, 0.2) is 11.5 Å². The summed E-state index contributed by atoms with van der Waals surface area (Å²) in [5, 5.41) is 9.13. The molecule has 7 heteroatoms. The minimum atomic E-state index is -2.92. The first-order chi connectivity index (χ1) is 11.2. The molecule has 0 spiro atoms. The fraction of sp³-hybridized carbons (Fsp3) is 0.375. The van der Waals surface area contributed by atoms with E-state index < -0.39 is 6.61 Å². The van der Waals surface area contributed by atoms with Crippen molar-refractivity contribution in [3.8, 4) is 22.8 Å². The lowest BCUT2D eigenvalue weighted by Gasteiger charge is -2.13. The number of nitrogens with zero attached hydrogens (tertiary/aromatic N) is 2. The Labute approximate surface area is 131 Å². The fourth-order valence-corrected chi connectivity index (χ4v) is 2.09. The molecule has 3 rings (SSSR count). The Morgan fingerprint density at radius 2 is 2.04 bits per heavy atom. The van der Waals surface area contributed by atoms with Crippen LogP contribution in [-0.4, -0.2) is 28.3 Å². The van der Waals surface area contributed by atoms with Crippen LogP contribution in [0.25, 0.3) is 11.3 Å². The van der Waals surface area contributed by atoms with E-state index in [-0.39, 0.29) is 18.1 Å². The number of aliphatic hydroxyl groups excluding tert-OH is 1. The number of halogens is 2. The minimum absolute atomic E-state index is 0.00401. The van der Waals surface area contributed by atoms with E-state index in [4.69, 9.17) is 9.84 Å². The summed E-state index contributed by atoms with van der Waals surface area (Å²) in [6.45, 7) is -2.66. The van der Waals surface area contributed by atoms with Gasteiger partial charge >= 0.3 is 6.61 Å². The van der Waals surface area contributed by atoms with E-state index in [2.05, 4.69) is 14.7 Å². The van der Waals surface area contributed by atoms with Gasteiger partial charge in [0.2, 0.25) is 0 Å². The van der Waals surface area contributed by atoms with E-state index in [0.29, 0.717) is 29.5 Å². The lowest BCUT2D eigenvalue weighted by molar-refractivity contribution is -0.0515. The Bertz CT molecular complexity index is 678. The van der Waals surface area contributed by atoms with Gasteiger partial charge in [-0.15, -0.1) is 0 Å². The van der Waals surface area contributed by atoms with Crippen molar-refractivity contribution in [3.05, 3.63) is 36.3 Å². The third-order valence-electron chi connectivity index (χ3n) is 3.47. The molecule has 0 aliphatic heterocycles. The van der Waals surface area contributed by atoms with Gasteiger partial charge in [0.25, 0.3) is 0 Å². The molecular formula is C16H16F2N2O3. The zero-order chi connectivity index (χ0) is 16.2. The third-order valence-corrected chi connectivity index (χ3v) is 3.47. The average molecular weight is 322 g/mol. The van der Waals surface area contributed by atoms with Crippen LogP contribution in [0.5, 0.6) is 11.5 Å². The largest absolute Gasteiger partial charge is 0.489 e. The number of benzene rings is 1. The average Bonchev–Trinajstić information content (AvgIpc) is 3.38. The standard InChI is InChI=1S/C16H16F2N2O3/c17-16(18)23-14-4-3-11(5-15(14)22-9-10-1-2-10)13-7-19-6-12(8-21)20-13/h3-7,10,16,21H,1-2,8-9H2. The van der Waals surface area contributed by atoms with Gasteiger partial charge in [-0.2, -0.15) is 8.78 Å². The van der Waals surface area contributed by atoms with Crippen LogP contribution in [0.2, 0.25) is 0 Å². The summed E-state index contributed by atoms with van der Waals surface area (Å²) >= 11 is 0. The van der Waals surface area contributed by atoms with Crippen molar-refractivity contribution < 1.29 is 23.4 Å². The maximum atomic E-state index is 12.5. The number of ether oxygens (including phenoxy) is 2. The number of alkyl halides is 2. The van der Waals surface area contributed by atoms with Crippen molar-refractivity contribution in [2.24, 2.45) is 5.92 Å². The molecule has 0 unspecified atom stereocenters. The van der Waals surface area contributed by atoms with Gasteiger partial charge in [0.05, 0.1) is 37.0 Å². The van der Waals surface area contributed by atoms with Crippen LogP contribution in [-0.2, 0) is 6.61 Å². The molecule has 1 saturated carbocycles. The smallest absolute Gasteiger partial charge is 0.387 e. The van der Waals surface area contributed by atoms with Crippen molar-refractivity contribution >= 4 is 0 Å². The normalized spacial score (nSPS) is 14.1. The van der Waals surface area contributed by atoms with Crippen LogP contribution in [0, 0.1) is 5.92 Å². The molecule has 1 heterocycles. The fourth-order valence-electron chi connectivity index (χ4n) is 2.09. The predicted molar refractivity (Wildman–Crippen MR) is 78.2 cm³/mol. The summed E-state index contributed by atoms with van der Waals surface area (Å²) in [5.41, 5.74) is 1.60. The summed E-state index contributed by atoms with van der Waals surface area (Å²) < 4.78 is 35.1. The summed E-state index contributed by atoms with van der Waals surface area (Å²) in [7, 11) is 0. The molecule has 1 aromatic carbocycles. The molecule has 1 fully saturated rings. The molecule has 2 aromatic rings. The van der Waals surface area contributed by atoms with E-state index in [1.807, 2.05) is 0 Å². The highest BCUT2D eigenvalue weighted by atomic mass is 19.3. The number of hydrogen-bond donors (Lipinski definition) is 1. The molecule has 0 atom stereocenters. The summed E-state index contributed by atoms with van der Waals surface area (Å²) in [6.07, 6.45) is 5.18. The predicted octanol–water partition coefficient (Wildman–Crippen LogP) is 3.03. The zero-order valence-corrected chi connectivity index (χ0v) is 12.3. The van der Waals surface area contributed by atoms with E-state index in [9.17, 15) is 8.78 Å². The summed E-state index contributed by atoms with van der Waals surface area (Å²) in [5.74, 6) is 0.733. The Morgan fingerprint density at radius 3 is 2.74 bits per heavy atom. The number of hydrogen-bond acceptors (Lipinski definition) is 5. The van der Waals surface area contributed by atoms with E-state index in [0.717, 1.165) is 12.8 Å². The zero-order valence-electron chi connectivity index (χ0n) is 12.3. The number of rotatable bonds is 7. The van der Waals surface area contributed by atoms with E-state index in [1.165, 1.54) is 18.5 Å². The summed E-state index contributed by atoms with van der Waals surface area (Å²) in [6, 6.07) is 4.63. The van der Waals surface area contributed by atoms with Crippen molar-refractivity contribution in [1.29, 1.82) is 0 Å². The van der Waals surface area contributed by atoms with Crippen LogP contribution in [0.15, 0.2) is 30.6 Å². The van der Waals surface area contributed by atoms with Gasteiger partial charge in [0, 0.05) is 5.56 Å². The first-order valence-corrected chi connectivity index (χ1v) is 7.29. The second kappa shape index (κ2) is 6.87. The maximum absolute atomic E-state index is 12.5. The molecule has 1 aliphatic carbocycles. The second-order valence-corrected chi connectivity index (χ2v) is 5.35. The van der Waals surface area contributed by atoms with Crippen LogP contribution < -0.4 is 9.47 Å². The maximum Gasteiger partial charge on any atom is 0.387 e. The van der Waals surface area contributed by atoms with E-state index in [1.54, 1.807) is 12.1 Å². The SMILES string of the molecule is OCc1cncc(-c2ccc(OC(F)F)c(OCC3CC3)c2)n1.